The molecule has 2 aliphatic rings. The van der Waals surface area contributed by atoms with Gasteiger partial charge < -0.3 is 10.6 Å². The van der Waals surface area contributed by atoms with Crippen LogP contribution in [0.15, 0.2) is 0 Å². The highest BCUT2D eigenvalue weighted by Gasteiger charge is 2.23. The minimum absolute atomic E-state index is 0.866. The van der Waals surface area contributed by atoms with Crippen molar-refractivity contribution in [2.24, 2.45) is 11.7 Å². The molecular weight excluding hydrogens is 162 g/mol. The van der Waals surface area contributed by atoms with Crippen LogP contribution >= 0.6 is 0 Å². The van der Waals surface area contributed by atoms with Gasteiger partial charge in [-0.15, -0.1) is 0 Å². The van der Waals surface area contributed by atoms with Crippen LogP contribution in [0.5, 0.6) is 0 Å². The summed E-state index contributed by atoms with van der Waals surface area (Å²) in [5, 5.41) is 0. The molecule has 2 heterocycles. The van der Waals surface area contributed by atoms with E-state index in [1.54, 1.807) is 0 Å². The van der Waals surface area contributed by atoms with Gasteiger partial charge in [-0.05, 0) is 31.8 Å². The maximum absolute atomic E-state index is 5.56. The van der Waals surface area contributed by atoms with Crippen molar-refractivity contribution >= 4 is 0 Å². The molecule has 13 heavy (non-hydrogen) atoms. The van der Waals surface area contributed by atoms with Gasteiger partial charge in [-0.25, -0.2) is 0 Å². The number of hydrogen-bond donors (Lipinski definition) is 1. The average molecular weight is 183 g/mol. The van der Waals surface area contributed by atoms with E-state index in [0.717, 1.165) is 12.5 Å². The van der Waals surface area contributed by atoms with E-state index in [1.807, 2.05) is 0 Å². The van der Waals surface area contributed by atoms with Crippen LogP contribution in [-0.4, -0.2) is 55.6 Å². The molecule has 0 spiro atoms. The summed E-state index contributed by atoms with van der Waals surface area (Å²) >= 11 is 0. The smallest absolute Gasteiger partial charge is 0.0110 e. The van der Waals surface area contributed by atoms with E-state index in [9.17, 15) is 0 Å². The number of rotatable bonds is 5. The fourth-order valence-electron chi connectivity index (χ4n) is 2.16. The second kappa shape index (κ2) is 4.40. The van der Waals surface area contributed by atoms with Crippen molar-refractivity contribution in [2.45, 2.75) is 12.8 Å². The number of nitrogens with two attached hydrogens (primary N) is 1. The minimum Gasteiger partial charge on any atom is -0.330 e. The molecule has 0 aromatic carbocycles. The molecule has 0 aromatic rings. The van der Waals surface area contributed by atoms with Crippen LogP contribution in [0.25, 0.3) is 0 Å². The molecule has 3 nitrogen and oxygen atoms in total. The van der Waals surface area contributed by atoms with Gasteiger partial charge in [-0.1, -0.05) is 0 Å². The Morgan fingerprint density at radius 1 is 1.08 bits per heavy atom. The molecular formula is C10H21N3. The largest absolute Gasteiger partial charge is 0.330 e. The van der Waals surface area contributed by atoms with E-state index >= 15 is 0 Å². The van der Waals surface area contributed by atoms with Gasteiger partial charge in [-0.3, -0.25) is 4.90 Å². The Morgan fingerprint density at radius 3 is 2.54 bits per heavy atom. The molecule has 2 aliphatic heterocycles. The average Bonchev–Trinajstić information content (AvgIpc) is 2.85. The summed E-state index contributed by atoms with van der Waals surface area (Å²) in [5.41, 5.74) is 5.56. The SMILES string of the molecule is NCCC1CCN(CCN2CC2)C1. The summed E-state index contributed by atoms with van der Waals surface area (Å²) in [5.74, 6) is 0.888. The van der Waals surface area contributed by atoms with Gasteiger partial charge in [0, 0.05) is 32.7 Å². The normalized spacial score (nSPS) is 29.8. The molecule has 0 bridgehead atoms. The standard InChI is InChI=1S/C10H21N3/c11-3-1-10-2-4-13(9-10)8-7-12-5-6-12/h10H,1-9,11H2. The van der Waals surface area contributed by atoms with E-state index in [0.29, 0.717) is 0 Å². The minimum atomic E-state index is 0.866. The zero-order chi connectivity index (χ0) is 9.10. The molecule has 0 radical (unpaired) electrons. The summed E-state index contributed by atoms with van der Waals surface area (Å²) in [6.07, 6.45) is 2.59. The zero-order valence-corrected chi connectivity index (χ0v) is 8.41. The van der Waals surface area contributed by atoms with Gasteiger partial charge in [0.15, 0.2) is 0 Å². The van der Waals surface area contributed by atoms with E-state index in [-0.39, 0.29) is 0 Å². The summed E-state index contributed by atoms with van der Waals surface area (Å²) in [4.78, 5) is 5.09. The van der Waals surface area contributed by atoms with Crippen molar-refractivity contribution in [1.82, 2.24) is 9.80 Å². The molecule has 2 N–H and O–H groups in total. The lowest BCUT2D eigenvalue weighted by atomic mass is 10.1. The molecule has 1 unspecified atom stereocenters. The maximum atomic E-state index is 5.56. The Balaban J connectivity index is 1.59. The van der Waals surface area contributed by atoms with Gasteiger partial charge in [0.1, 0.15) is 0 Å². The number of nitrogens with zero attached hydrogens (tertiary/aromatic N) is 2. The molecule has 0 aliphatic carbocycles. The molecule has 0 aromatic heterocycles. The van der Waals surface area contributed by atoms with Crippen molar-refractivity contribution in [3.05, 3.63) is 0 Å². The number of hydrogen-bond acceptors (Lipinski definition) is 3. The van der Waals surface area contributed by atoms with E-state index in [4.69, 9.17) is 5.73 Å². The van der Waals surface area contributed by atoms with Crippen LogP contribution in [-0.2, 0) is 0 Å². The molecule has 2 fully saturated rings. The van der Waals surface area contributed by atoms with Crippen LogP contribution in [0.3, 0.4) is 0 Å². The van der Waals surface area contributed by atoms with E-state index < -0.39 is 0 Å². The van der Waals surface area contributed by atoms with Gasteiger partial charge >= 0.3 is 0 Å². The first-order valence-corrected chi connectivity index (χ1v) is 5.53. The molecule has 3 heteroatoms. The van der Waals surface area contributed by atoms with E-state index in [2.05, 4.69) is 9.80 Å². The van der Waals surface area contributed by atoms with E-state index in [1.165, 1.54) is 52.1 Å². The van der Waals surface area contributed by atoms with Crippen molar-refractivity contribution in [2.75, 3.05) is 45.8 Å². The summed E-state index contributed by atoms with van der Waals surface area (Å²) in [7, 11) is 0. The van der Waals surface area contributed by atoms with Crippen LogP contribution < -0.4 is 5.73 Å². The topological polar surface area (TPSA) is 32.3 Å². The first-order chi connectivity index (χ1) is 6.38. The predicted molar refractivity (Wildman–Crippen MR) is 54.7 cm³/mol. The second-order valence-corrected chi connectivity index (χ2v) is 4.37. The van der Waals surface area contributed by atoms with Crippen LogP contribution in [0.1, 0.15) is 12.8 Å². The fraction of sp³-hybridized carbons (Fsp3) is 1.00. The maximum Gasteiger partial charge on any atom is 0.0110 e. The Labute approximate surface area is 80.9 Å². The second-order valence-electron chi connectivity index (χ2n) is 4.37. The summed E-state index contributed by atoms with van der Waals surface area (Å²) in [6.45, 7) is 8.70. The molecule has 2 saturated heterocycles. The van der Waals surface area contributed by atoms with Crippen molar-refractivity contribution < 1.29 is 0 Å². The van der Waals surface area contributed by atoms with Crippen LogP contribution in [0.2, 0.25) is 0 Å². The third-order valence-electron chi connectivity index (χ3n) is 3.22. The van der Waals surface area contributed by atoms with Gasteiger partial charge in [-0.2, -0.15) is 0 Å². The molecule has 1 atom stereocenters. The highest BCUT2D eigenvalue weighted by Crippen LogP contribution is 2.18. The first-order valence-electron chi connectivity index (χ1n) is 5.53. The highest BCUT2D eigenvalue weighted by atomic mass is 15.3. The molecule has 76 valence electrons. The van der Waals surface area contributed by atoms with Crippen molar-refractivity contribution in [1.29, 1.82) is 0 Å². The molecule has 0 saturated carbocycles. The fourth-order valence-corrected chi connectivity index (χ4v) is 2.16. The Kier molecular flexibility index (Phi) is 3.19. The lowest BCUT2D eigenvalue weighted by Gasteiger charge is -2.15. The molecule has 2 rings (SSSR count). The lowest BCUT2D eigenvalue weighted by molar-refractivity contribution is 0.301. The quantitative estimate of drug-likeness (QED) is 0.608. The number of likely N-dealkylation sites (tertiary alicyclic amines) is 1. The van der Waals surface area contributed by atoms with Crippen molar-refractivity contribution in [3.63, 3.8) is 0 Å². The monoisotopic (exact) mass is 183 g/mol. The predicted octanol–water partition coefficient (Wildman–Crippen LogP) is -0.0273. The summed E-state index contributed by atoms with van der Waals surface area (Å²) < 4.78 is 0. The zero-order valence-electron chi connectivity index (χ0n) is 8.41. The Hall–Kier alpha value is -0.120. The van der Waals surface area contributed by atoms with Gasteiger partial charge in [0.05, 0.1) is 0 Å². The van der Waals surface area contributed by atoms with Crippen LogP contribution in [0, 0.1) is 5.92 Å². The van der Waals surface area contributed by atoms with Gasteiger partial charge in [0.25, 0.3) is 0 Å². The lowest BCUT2D eigenvalue weighted by Crippen LogP contribution is -2.27. The first kappa shape index (κ1) is 9.44. The third kappa shape index (κ3) is 2.93. The Morgan fingerprint density at radius 2 is 1.85 bits per heavy atom. The van der Waals surface area contributed by atoms with Crippen LogP contribution in [0.4, 0.5) is 0 Å². The molecule has 0 amide bonds. The Bertz CT molecular complexity index is 156. The summed E-state index contributed by atoms with van der Waals surface area (Å²) in [6, 6.07) is 0. The highest BCUT2D eigenvalue weighted by molar-refractivity contribution is 4.79. The van der Waals surface area contributed by atoms with Crippen molar-refractivity contribution in [3.8, 4) is 0 Å². The van der Waals surface area contributed by atoms with Gasteiger partial charge in [0.2, 0.25) is 0 Å². The third-order valence-corrected chi connectivity index (χ3v) is 3.22.